The molecule has 2 aromatic rings. The van der Waals surface area contributed by atoms with Crippen LogP contribution in [0.2, 0.25) is 0 Å². The second-order valence-electron chi connectivity index (χ2n) is 4.82. The standard InChI is InChI=1S/C15H13BrO4/c1-15(2,16)14(19)20-12-8-7-11(13(17)18)9-5-3-4-6-10(9)12/h3-8H,1-2H3,(H,17,18). The molecule has 0 aliphatic carbocycles. The van der Waals surface area contributed by atoms with E-state index >= 15 is 0 Å². The molecular weight excluding hydrogens is 324 g/mol. The Labute approximate surface area is 124 Å². The molecule has 0 fully saturated rings. The lowest BCUT2D eigenvalue weighted by atomic mass is 10.0. The predicted octanol–water partition coefficient (Wildman–Crippen LogP) is 3.62. The quantitative estimate of drug-likeness (QED) is 0.528. The summed E-state index contributed by atoms with van der Waals surface area (Å²) in [5.41, 5.74) is 0.179. The summed E-state index contributed by atoms with van der Waals surface area (Å²) in [6.45, 7) is 3.37. The number of hydrogen-bond acceptors (Lipinski definition) is 3. The molecule has 104 valence electrons. The molecule has 20 heavy (non-hydrogen) atoms. The molecule has 0 aromatic heterocycles. The molecule has 0 bridgehead atoms. The van der Waals surface area contributed by atoms with Gasteiger partial charge in [-0.15, -0.1) is 0 Å². The van der Waals surface area contributed by atoms with Crippen molar-refractivity contribution < 1.29 is 19.4 Å². The van der Waals surface area contributed by atoms with Crippen LogP contribution >= 0.6 is 15.9 Å². The summed E-state index contributed by atoms with van der Waals surface area (Å²) in [5.74, 6) is -1.10. The summed E-state index contributed by atoms with van der Waals surface area (Å²) in [6.07, 6.45) is 0. The van der Waals surface area contributed by atoms with E-state index in [4.69, 9.17) is 9.84 Å². The average Bonchev–Trinajstić information content (AvgIpc) is 2.37. The number of fused-ring (bicyclic) bond motifs is 1. The fraction of sp³-hybridized carbons (Fsp3) is 0.200. The van der Waals surface area contributed by atoms with E-state index < -0.39 is 16.3 Å². The minimum absolute atomic E-state index is 0.179. The number of aromatic carboxylic acids is 1. The lowest BCUT2D eigenvalue weighted by Gasteiger charge is -2.16. The van der Waals surface area contributed by atoms with E-state index in [2.05, 4.69) is 15.9 Å². The van der Waals surface area contributed by atoms with E-state index in [-0.39, 0.29) is 5.56 Å². The maximum atomic E-state index is 11.9. The van der Waals surface area contributed by atoms with E-state index in [9.17, 15) is 9.59 Å². The Balaban J connectivity index is 2.54. The molecular formula is C15H13BrO4. The topological polar surface area (TPSA) is 63.6 Å². The zero-order valence-corrected chi connectivity index (χ0v) is 12.6. The Morgan fingerprint density at radius 1 is 1.10 bits per heavy atom. The number of carbonyl (C=O) groups is 2. The van der Waals surface area contributed by atoms with Crippen LogP contribution in [-0.4, -0.2) is 21.4 Å². The Bertz CT molecular complexity index is 686. The van der Waals surface area contributed by atoms with Gasteiger partial charge >= 0.3 is 11.9 Å². The van der Waals surface area contributed by atoms with Gasteiger partial charge in [0, 0.05) is 5.39 Å². The minimum atomic E-state index is -1.01. The van der Waals surface area contributed by atoms with Crippen LogP contribution < -0.4 is 4.74 Å². The third-order valence-electron chi connectivity index (χ3n) is 2.80. The fourth-order valence-electron chi connectivity index (χ4n) is 1.77. The lowest BCUT2D eigenvalue weighted by Crippen LogP contribution is -2.29. The first-order valence-corrected chi connectivity index (χ1v) is 6.76. The highest BCUT2D eigenvalue weighted by Crippen LogP contribution is 2.30. The van der Waals surface area contributed by atoms with Crippen LogP contribution in [-0.2, 0) is 4.79 Å². The number of carboxylic acids is 1. The summed E-state index contributed by atoms with van der Waals surface area (Å²) >= 11 is 3.23. The second kappa shape index (κ2) is 5.25. The molecule has 0 saturated carbocycles. The van der Waals surface area contributed by atoms with Gasteiger partial charge in [-0.05, 0) is 31.4 Å². The normalized spacial score (nSPS) is 11.3. The first-order chi connectivity index (χ1) is 9.30. The van der Waals surface area contributed by atoms with Crippen LogP contribution in [0.3, 0.4) is 0 Å². The first kappa shape index (κ1) is 14.5. The Morgan fingerprint density at radius 2 is 1.70 bits per heavy atom. The molecule has 0 unspecified atom stereocenters. The van der Waals surface area contributed by atoms with Gasteiger partial charge in [0.25, 0.3) is 0 Å². The minimum Gasteiger partial charge on any atom is -0.478 e. The number of carboxylic acid groups (broad SMARTS) is 1. The Kier molecular flexibility index (Phi) is 3.81. The van der Waals surface area contributed by atoms with Crippen molar-refractivity contribution in [2.45, 2.75) is 18.2 Å². The van der Waals surface area contributed by atoms with E-state index in [1.165, 1.54) is 12.1 Å². The number of esters is 1. The number of benzene rings is 2. The highest BCUT2D eigenvalue weighted by Gasteiger charge is 2.27. The van der Waals surface area contributed by atoms with Crippen molar-refractivity contribution in [1.29, 1.82) is 0 Å². The summed E-state index contributed by atoms with van der Waals surface area (Å²) in [5, 5.41) is 10.3. The van der Waals surface area contributed by atoms with Crippen molar-refractivity contribution >= 4 is 38.6 Å². The third-order valence-corrected chi connectivity index (χ3v) is 3.13. The van der Waals surface area contributed by atoms with E-state index in [1.54, 1.807) is 38.1 Å². The molecule has 0 heterocycles. The number of ether oxygens (including phenoxy) is 1. The van der Waals surface area contributed by atoms with Gasteiger partial charge in [0.2, 0.25) is 0 Å². The third kappa shape index (κ3) is 2.82. The van der Waals surface area contributed by atoms with Gasteiger partial charge in [0.1, 0.15) is 10.1 Å². The lowest BCUT2D eigenvalue weighted by molar-refractivity contribution is -0.135. The summed E-state index contributed by atoms with van der Waals surface area (Å²) < 4.78 is 4.54. The number of alkyl halides is 1. The summed E-state index contributed by atoms with van der Waals surface area (Å²) in [7, 11) is 0. The van der Waals surface area contributed by atoms with Crippen molar-refractivity contribution in [2.75, 3.05) is 0 Å². The van der Waals surface area contributed by atoms with Crippen LogP contribution in [0.5, 0.6) is 5.75 Å². The highest BCUT2D eigenvalue weighted by atomic mass is 79.9. The van der Waals surface area contributed by atoms with Crippen LogP contribution in [0.25, 0.3) is 10.8 Å². The van der Waals surface area contributed by atoms with Crippen molar-refractivity contribution in [2.24, 2.45) is 0 Å². The first-order valence-electron chi connectivity index (χ1n) is 5.97. The molecule has 0 saturated heterocycles. The molecule has 0 aliphatic heterocycles. The van der Waals surface area contributed by atoms with E-state index in [0.717, 1.165) is 0 Å². The molecule has 0 amide bonds. The van der Waals surface area contributed by atoms with Crippen LogP contribution in [0.4, 0.5) is 0 Å². The molecule has 0 radical (unpaired) electrons. The molecule has 0 aliphatic rings. The zero-order chi connectivity index (χ0) is 14.9. The van der Waals surface area contributed by atoms with Crippen molar-refractivity contribution in [1.82, 2.24) is 0 Å². The number of carbonyl (C=O) groups excluding carboxylic acids is 1. The molecule has 5 heteroatoms. The molecule has 1 N–H and O–H groups in total. The maximum Gasteiger partial charge on any atom is 0.336 e. The monoisotopic (exact) mass is 336 g/mol. The Hall–Kier alpha value is -1.88. The summed E-state index contributed by atoms with van der Waals surface area (Å²) in [4.78, 5) is 23.1. The van der Waals surface area contributed by atoms with Gasteiger partial charge in [-0.2, -0.15) is 0 Å². The predicted molar refractivity (Wildman–Crippen MR) is 79.5 cm³/mol. The molecule has 0 atom stereocenters. The van der Waals surface area contributed by atoms with E-state index in [1.807, 2.05) is 0 Å². The van der Waals surface area contributed by atoms with Gasteiger partial charge in [-0.25, -0.2) is 4.79 Å². The highest BCUT2D eigenvalue weighted by molar-refractivity contribution is 9.10. The van der Waals surface area contributed by atoms with Gasteiger partial charge < -0.3 is 9.84 Å². The van der Waals surface area contributed by atoms with Crippen molar-refractivity contribution in [3.8, 4) is 5.75 Å². The molecule has 0 spiro atoms. The van der Waals surface area contributed by atoms with Gasteiger partial charge in [-0.3, -0.25) is 4.79 Å². The smallest absolute Gasteiger partial charge is 0.336 e. The number of hydrogen-bond donors (Lipinski definition) is 1. The van der Waals surface area contributed by atoms with Crippen LogP contribution in [0, 0.1) is 0 Å². The summed E-state index contributed by atoms with van der Waals surface area (Å²) in [6, 6.07) is 9.87. The largest absolute Gasteiger partial charge is 0.478 e. The van der Waals surface area contributed by atoms with Crippen molar-refractivity contribution in [3.05, 3.63) is 42.0 Å². The fourth-order valence-corrected chi connectivity index (χ4v) is 1.85. The molecule has 4 nitrogen and oxygen atoms in total. The Morgan fingerprint density at radius 3 is 2.25 bits per heavy atom. The maximum absolute atomic E-state index is 11.9. The number of rotatable bonds is 3. The van der Waals surface area contributed by atoms with Crippen LogP contribution in [0.15, 0.2) is 36.4 Å². The van der Waals surface area contributed by atoms with Gasteiger partial charge in [0.05, 0.1) is 5.56 Å². The van der Waals surface area contributed by atoms with Crippen LogP contribution in [0.1, 0.15) is 24.2 Å². The second-order valence-corrected chi connectivity index (χ2v) is 6.81. The van der Waals surface area contributed by atoms with Crippen molar-refractivity contribution in [3.63, 3.8) is 0 Å². The van der Waals surface area contributed by atoms with E-state index in [0.29, 0.717) is 16.5 Å². The zero-order valence-electron chi connectivity index (χ0n) is 11.0. The molecule has 2 aromatic carbocycles. The number of halogens is 1. The van der Waals surface area contributed by atoms with Gasteiger partial charge in [0.15, 0.2) is 0 Å². The van der Waals surface area contributed by atoms with Gasteiger partial charge in [-0.1, -0.05) is 40.2 Å². The SMILES string of the molecule is CC(C)(Br)C(=O)Oc1ccc(C(=O)O)c2ccccc12. The molecule has 2 rings (SSSR count). The average molecular weight is 337 g/mol.